The van der Waals surface area contributed by atoms with Crippen molar-refractivity contribution in [3.63, 3.8) is 0 Å². The van der Waals surface area contributed by atoms with Crippen LogP contribution in [0, 0.1) is 5.92 Å². The Hall–Kier alpha value is -1.55. The first-order chi connectivity index (χ1) is 9.72. The molecule has 1 fully saturated rings. The fraction of sp³-hybridized carbons (Fsp3) is 0.562. The first kappa shape index (κ1) is 14.9. The molecule has 1 aromatic carbocycles. The van der Waals surface area contributed by atoms with Crippen LogP contribution in [0.3, 0.4) is 0 Å². The van der Waals surface area contributed by atoms with Crippen molar-refractivity contribution >= 4 is 5.91 Å². The smallest absolute Gasteiger partial charge is 0.224 e. The highest BCUT2D eigenvalue weighted by molar-refractivity contribution is 5.79. The van der Waals surface area contributed by atoms with Gasteiger partial charge >= 0.3 is 0 Å². The number of hydrogen-bond acceptors (Lipinski definition) is 3. The van der Waals surface area contributed by atoms with E-state index in [1.54, 1.807) is 7.11 Å². The summed E-state index contributed by atoms with van der Waals surface area (Å²) in [5, 5.41) is 6.41. The molecule has 2 unspecified atom stereocenters. The van der Waals surface area contributed by atoms with E-state index in [2.05, 4.69) is 17.6 Å². The van der Waals surface area contributed by atoms with Gasteiger partial charge in [0, 0.05) is 12.6 Å². The molecular formula is C16H24N2O2. The lowest BCUT2D eigenvalue weighted by Gasteiger charge is -2.28. The van der Waals surface area contributed by atoms with Crippen molar-refractivity contribution in [2.45, 2.75) is 32.2 Å². The maximum atomic E-state index is 12.2. The predicted octanol–water partition coefficient (Wildman–Crippen LogP) is 1.74. The minimum absolute atomic E-state index is 0.0985. The third-order valence-corrected chi connectivity index (χ3v) is 3.98. The van der Waals surface area contributed by atoms with E-state index in [9.17, 15) is 4.79 Å². The zero-order chi connectivity index (χ0) is 14.4. The van der Waals surface area contributed by atoms with Crippen LogP contribution in [0.5, 0.6) is 5.75 Å². The van der Waals surface area contributed by atoms with Gasteiger partial charge in [0.1, 0.15) is 5.75 Å². The maximum Gasteiger partial charge on any atom is 0.224 e. The molecule has 1 aromatic rings. The van der Waals surface area contributed by atoms with Crippen LogP contribution in [0.25, 0.3) is 0 Å². The summed E-state index contributed by atoms with van der Waals surface area (Å²) in [6, 6.07) is 8.21. The van der Waals surface area contributed by atoms with Crippen molar-refractivity contribution in [1.29, 1.82) is 0 Å². The van der Waals surface area contributed by atoms with E-state index in [1.165, 1.54) is 0 Å². The summed E-state index contributed by atoms with van der Waals surface area (Å²) in [5.41, 5.74) is 1.13. The molecule has 0 aliphatic carbocycles. The first-order valence-electron chi connectivity index (χ1n) is 7.35. The van der Waals surface area contributed by atoms with E-state index in [-0.39, 0.29) is 17.9 Å². The third-order valence-electron chi connectivity index (χ3n) is 3.98. The van der Waals surface area contributed by atoms with Gasteiger partial charge in [0.2, 0.25) is 5.91 Å². The Morgan fingerprint density at radius 3 is 3.00 bits per heavy atom. The number of para-hydroxylation sites is 1. The Morgan fingerprint density at radius 2 is 2.25 bits per heavy atom. The SMILES string of the molecule is COc1ccccc1CCNC(=O)C1CCCNC1C. The predicted molar refractivity (Wildman–Crippen MR) is 79.9 cm³/mol. The van der Waals surface area contributed by atoms with Crippen molar-refractivity contribution in [1.82, 2.24) is 10.6 Å². The van der Waals surface area contributed by atoms with Gasteiger partial charge in [-0.25, -0.2) is 0 Å². The van der Waals surface area contributed by atoms with Crippen LogP contribution in [0.1, 0.15) is 25.3 Å². The maximum absolute atomic E-state index is 12.2. The standard InChI is InChI=1S/C16H24N2O2/c1-12-14(7-5-10-17-12)16(19)18-11-9-13-6-3-4-8-15(13)20-2/h3-4,6,8,12,14,17H,5,7,9-11H2,1-2H3,(H,18,19). The van der Waals surface area contributed by atoms with Gasteiger partial charge in [-0.3, -0.25) is 4.79 Å². The number of hydrogen-bond donors (Lipinski definition) is 2. The van der Waals surface area contributed by atoms with Crippen molar-refractivity contribution in [2.75, 3.05) is 20.2 Å². The molecule has 4 heteroatoms. The van der Waals surface area contributed by atoms with Gasteiger partial charge in [0.05, 0.1) is 13.0 Å². The Morgan fingerprint density at radius 1 is 1.45 bits per heavy atom. The zero-order valence-electron chi connectivity index (χ0n) is 12.3. The molecule has 1 heterocycles. The van der Waals surface area contributed by atoms with Crippen molar-refractivity contribution in [2.24, 2.45) is 5.92 Å². The van der Waals surface area contributed by atoms with E-state index in [1.807, 2.05) is 24.3 Å². The molecule has 2 N–H and O–H groups in total. The highest BCUT2D eigenvalue weighted by atomic mass is 16.5. The summed E-state index contributed by atoms with van der Waals surface area (Å²) in [7, 11) is 1.67. The third kappa shape index (κ3) is 3.73. The number of methoxy groups -OCH3 is 1. The molecule has 1 saturated heterocycles. The lowest BCUT2D eigenvalue weighted by molar-refractivity contribution is -0.126. The lowest BCUT2D eigenvalue weighted by atomic mass is 9.91. The fourth-order valence-electron chi connectivity index (χ4n) is 2.76. The van der Waals surface area contributed by atoms with Crippen LogP contribution >= 0.6 is 0 Å². The first-order valence-corrected chi connectivity index (χ1v) is 7.35. The van der Waals surface area contributed by atoms with Gasteiger partial charge in [-0.15, -0.1) is 0 Å². The number of ether oxygens (including phenoxy) is 1. The van der Waals surface area contributed by atoms with E-state index in [0.717, 1.165) is 37.1 Å². The van der Waals surface area contributed by atoms with Crippen LogP contribution in [0.15, 0.2) is 24.3 Å². The minimum Gasteiger partial charge on any atom is -0.496 e. The quantitative estimate of drug-likeness (QED) is 0.861. The highest BCUT2D eigenvalue weighted by Crippen LogP contribution is 2.18. The van der Waals surface area contributed by atoms with Gasteiger partial charge in [-0.1, -0.05) is 18.2 Å². The van der Waals surface area contributed by atoms with Crippen molar-refractivity contribution < 1.29 is 9.53 Å². The van der Waals surface area contributed by atoms with Gasteiger partial charge in [0.15, 0.2) is 0 Å². The van der Waals surface area contributed by atoms with Crippen LogP contribution in [-0.4, -0.2) is 32.1 Å². The molecule has 1 amide bonds. The lowest BCUT2D eigenvalue weighted by Crippen LogP contribution is -2.47. The summed E-state index contributed by atoms with van der Waals surface area (Å²) >= 11 is 0. The fourth-order valence-corrected chi connectivity index (χ4v) is 2.76. The Bertz CT molecular complexity index is 448. The van der Waals surface area contributed by atoms with Crippen LogP contribution in [0.4, 0.5) is 0 Å². The highest BCUT2D eigenvalue weighted by Gasteiger charge is 2.26. The van der Waals surface area contributed by atoms with Crippen LogP contribution in [0.2, 0.25) is 0 Å². The van der Waals surface area contributed by atoms with Gasteiger partial charge in [-0.05, 0) is 44.4 Å². The van der Waals surface area contributed by atoms with Crippen LogP contribution in [-0.2, 0) is 11.2 Å². The summed E-state index contributed by atoms with van der Waals surface area (Å²) < 4.78 is 5.31. The van der Waals surface area contributed by atoms with Gasteiger partial charge in [-0.2, -0.15) is 0 Å². The molecule has 20 heavy (non-hydrogen) atoms. The number of carbonyl (C=O) groups excluding carboxylic acids is 1. The summed E-state index contributed by atoms with van der Waals surface area (Å²) in [6.45, 7) is 3.76. The molecule has 2 atom stereocenters. The normalized spacial score (nSPS) is 22.3. The monoisotopic (exact) mass is 276 g/mol. The Balaban J connectivity index is 1.81. The van der Waals surface area contributed by atoms with Gasteiger partial charge in [0.25, 0.3) is 0 Å². The van der Waals surface area contributed by atoms with Crippen LogP contribution < -0.4 is 15.4 Å². The summed E-state index contributed by atoms with van der Waals surface area (Å²) in [5.74, 6) is 1.15. The molecule has 110 valence electrons. The molecule has 0 saturated carbocycles. The number of rotatable bonds is 5. The van der Waals surface area contributed by atoms with E-state index in [0.29, 0.717) is 6.54 Å². The van der Waals surface area contributed by atoms with Crippen molar-refractivity contribution in [3.8, 4) is 5.75 Å². The van der Waals surface area contributed by atoms with E-state index >= 15 is 0 Å². The number of carbonyl (C=O) groups is 1. The average Bonchev–Trinajstić information content (AvgIpc) is 2.48. The van der Waals surface area contributed by atoms with Gasteiger partial charge < -0.3 is 15.4 Å². The largest absolute Gasteiger partial charge is 0.496 e. The Kier molecular flexibility index (Phi) is 5.41. The number of piperidine rings is 1. The van der Waals surface area contributed by atoms with E-state index < -0.39 is 0 Å². The molecule has 2 rings (SSSR count). The number of amides is 1. The molecule has 0 bridgehead atoms. The number of benzene rings is 1. The zero-order valence-corrected chi connectivity index (χ0v) is 12.3. The molecule has 0 spiro atoms. The molecule has 0 radical (unpaired) electrons. The second-order valence-corrected chi connectivity index (χ2v) is 5.34. The van der Waals surface area contributed by atoms with E-state index in [4.69, 9.17) is 4.74 Å². The topological polar surface area (TPSA) is 50.4 Å². The molecule has 0 aromatic heterocycles. The Labute approximate surface area is 120 Å². The second kappa shape index (κ2) is 7.29. The molecular weight excluding hydrogens is 252 g/mol. The minimum atomic E-state index is 0.0985. The summed E-state index contributed by atoms with van der Waals surface area (Å²) in [6.07, 6.45) is 2.86. The molecule has 4 nitrogen and oxygen atoms in total. The molecule has 1 aliphatic rings. The molecule has 1 aliphatic heterocycles. The average molecular weight is 276 g/mol. The summed E-state index contributed by atoms with van der Waals surface area (Å²) in [4.78, 5) is 12.2. The van der Waals surface area contributed by atoms with Crippen molar-refractivity contribution in [3.05, 3.63) is 29.8 Å². The number of nitrogens with one attached hydrogen (secondary N) is 2. The second-order valence-electron chi connectivity index (χ2n) is 5.34.